The molecule has 0 radical (unpaired) electrons. The lowest BCUT2D eigenvalue weighted by Gasteiger charge is -2.36. The largest absolute Gasteiger partial charge is 0.369 e. The predicted molar refractivity (Wildman–Crippen MR) is 117 cm³/mol. The maximum atomic E-state index is 13.8. The first-order valence-corrected chi connectivity index (χ1v) is 10.4. The molecule has 4 rings (SSSR count). The Morgan fingerprint density at radius 1 is 0.700 bits per heavy atom. The highest BCUT2D eigenvalue weighted by Crippen LogP contribution is 2.18. The number of hydrogen-bond donors (Lipinski definition) is 1. The van der Waals surface area contributed by atoms with Crippen molar-refractivity contribution in [2.45, 2.75) is 19.6 Å². The predicted octanol–water partition coefficient (Wildman–Crippen LogP) is 4.58. The summed E-state index contributed by atoms with van der Waals surface area (Å²) in [5.74, 6) is -1.05. The second kappa shape index (κ2) is 9.83. The maximum absolute atomic E-state index is 13.8. The lowest BCUT2D eigenvalue weighted by atomic mass is 10.1. The number of benzene rings is 3. The first-order chi connectivity index (χ1) is 14.7. The molecule has 3 aromatic carbocycles. The molecule has 1 heterocycles. The molecule has 0 spiro atoms. The third-order valence-corrected chi connectivity index (χ3v) is 5.65. The van der Waals surface area contributed by atoms with Crippen LogP contribution >= 0.6 is 0 Å². The molecule has 3 nitrogen and oxygen atoms in total. The summed E-state index contributed by atoms with van der Waals surface area (Å²) in [5, 5.41) is 3.30. The van der Waals surface area contributed by atoms with Crippen LogP contribution in [0, 0.1) is 11.6 Å². The normalized spacial score (nSPS) is 14.8. The zero-order chi connectivity index (χ0) is 20.8. The van der Waals surface area contributed by atoms with Gasteiger partial charge in [-0.1, -0.05) is 48.5 Å². The van der Waals surface area contributed by atoms with Crippen LogP contribution in [0.25, 0.3) is 0 Å². The summed E-state index contributed by atoms with van der Waals surface area (Å²) in [6.07, 6.45) is 0. The molecule has 0 amide bonds. The van der Waals surface area contributed by atoms with E-state index in [4.69, 9.17) is 0 Å². The highest BCUT2D eigenvalue weighted by Gasteiger charge is 2.18. The number of anilines is 1. The molecule has 0 atom stereocenters. The minimum atomic E-state index is -0.547. The Kier molecular flexibility index (Phi) is 6.72. The molecule has 0 aliphatic carbocycles. The Morgan fingerprint density at radius 2 is 1.37 bits per heavy atom. The van der Waals surface area contributed by atoms with Crippen molar-refractivity contribution < 1.29 is 8.78 Å². The second-order valence-electron chi connectivity index (χ2n) is 7.71. The molecule has 1 saturated heterocycles. The van der Waals surface area contributed by atoms with E-state index in [9.17, 15) is 8.78 Å². The Balaban J connectivity index is 1.31. The zero-order valence-electron chi connectivity index (χ0n) is 17.0. The Morgan fingerprint density at radius 3 is 2.10 bits per heavy atom. The molecule has 5 heteroatoms. The third kappa shape index (κ3) is 5.23. The summed E-state index contributed by atoms with van der Waals surface area (Å²) in [6, 6.07) is 22.7. The van der Waals surface area contributed by atoms with Crippen molar-refractivity contribution in [1.29, 1.82) is 0 Å². The van der Waals surface area contributed by atoms with Crippen LogP contribution < -0.4 is 10.2 Å². The fourth-order valence-electron chi connectivity index (χ4n) is 3.92. The van der Waals surface area contributed by atoms with Gasteiger partial charge < -0.3 is 10.2 Å². The number of nitrogens with one attached hydrogen (secondary N) is 1. The summed E-state index contributed by atoms with van der Waals surface area (Å²) in [5.41, 5.74) is 4.27. The van der Waals surface area contributed by atoms with Gasteiger partial charge in [-0.2, -0.15) is 0 Å². The van der Waals surface area contributed by atoms with Gasteiger partial charge in [-0.15, -0.1) is 0 Å². The molecule has 30 heavy (non-hydrogen) atoms. The Hall–Kier alpha value is -2.76. The van der Waals surface area contributed by atoms with E-state index in [-0.39, 0.29) is 0 Å². The molecule has 156 valence electrons. The number of hydrogen-bond acceptors (Lipinski definition) is 3. The number of halogens is 2. The lowest BCUT2D eigenvalue weighted by molar-refractivity contribution is 0.249. The van der Waals surface area contributed by atoms with Gasteiger partial charge in [0.1, 0.15) is 11.6 Å². The quantitative estimate of drug-likeness (QED) is 0.619. The minimum Gasteiger partial charge on any atom is -0.369 e. The molecule has 3 aromatic rings. The first kappa shape index (κ1) is 20.5. The highest BCUT2D eigenvalue weighted by molar-refractivity contribution is 5.46. The van der Waals surface area contributed by atoms with Crippen molar-refractivity contribution in [1.82, 2.24) is 10.2 Å². The van der Waals surface area contributed by atoms with E-state index in [1.807, 2.05) is 6.07 Å². The van der Waals surface area contributed by atoms with Gasteiger partial charge in [0.25, 0.3) is 0 Å². The van der Waals surface area contributed by atoms with Crippen LogP contribution in [0.3, 0.4) is 0 Å². The van der Waals surface area contributed by atoms with E-state index >= 15 is 0 Å². The van der Waals surface area contributed by atoms with Crippen LogP contribution in [-0.4, -0.2) is 31.1 Å². The molecule has 0 aromatic heterocycles. The number of para-hydroxylation sites is 1. The molecule has 1 aliphatic rings. The fraction of sp³-hybridized carbons (Fsp3) is 0.280. The monoisotopic (exact) mass is 407 g/mol. The van der Waals surface area contributed by atoms with Crippen LogP contribution in [0.15, 0.2) is 72.8 Å². The molecule has 0 unspecified atom stereocenters. The van der Waals surface area contributed by atoms with Gasteiger partial charge in [0.2, 0.25) is 0 Å². The average Bonchev–Trinajstić information content (AvgIpc) is 2.77. The number of rotatable bonds is 7. The summed E-state index contributed by atoms with van der Waals surface area (Å²) in [6.45, 7) is 6.02. The van der Waals surface area contributed by atoms with E-state index in [0.717, 1.165) is 38.8 Å². The van der Waals surface area contributed by atoms with E-state index < -0.39 is 11.6 Å². The molecule has 1 aliphatic heterocycles. The van der Waals surface area contributed by atoms with E-state index in [1.54, 1.807) is 0 Å². The van der Waals surface area contributed by atoms with Crippen molar-refractivity contribution in [2.24, 2.45) is 0 Å². The summed E-state index contributed by atoms with van der Waals surface area (Å²) >= 11 is 0. The van der Waals surface area contributed by atoms with Crippen LogP contribution in [0.4, 0.5) is 14.5 Å². The van der Waals surface area contributed by atoms with Gasteiger partial charge in [-0.3, -0.25) is 4.90 Å². The van der Waals surface area contributed by atoms with E-state index in [2.05, 4.69) is 63.6 Å². The highest BCUT2D eigenvalue weighted by atomic mass is 19.1. The zero-order valence-corrected chi connectivity index (χ0v) is 17.0. The molecular weight excluding hydrogens is 380 g/mol. The SMILES string of the molecule is Fc1ccc(CNCc2ccccc2CN2CCN(c3ccccc3)CC2)c(F)c1. The van der Waals surface area contributed by atoms with E-state index in [1.165, 1.54) is 28.9 Å². The molecular formula is C25H27F2N3. The molecule has 1 N–H and O–H groups in total. The lowest BCUT2D eigenvalue weighted by Crippen LogP contribution is -2.46. The van der Waals surface area contributed by atoms with Crippen LogP contribution in [0.5, 0.6) is 0 Å². The number of nitrogens with zero attached hydrogens (tertiary/aromatic N) is 2. The van der Waals surface area contributed by atoms with Crippen molar-refractivity contribution >= 4 is 5.69 Å². The van der Waals surface area contributed by atoms with Gasteiger partial charge in [0, 0.05) is 63.1 Å². The van der Waals surface area contributed by atoms with Crippen LogP contribution in [0.1, 0.15) is 16.7 Å². The Bertz CT molecular complexity index is 954. The second-order valence-corrected chi connectivity index (χ2v) is 7.71. The van der Waals surface area contributed by atoms with Gasteiger partial charge in [0.05, 0.1) is 0 Å². The third-order valence-electron chi connectivity index (χ3n) is 5.65. The van der Waals surface area contributed by atoms with Crippen molar-refractivity contribution in [3.05, 3.63) is 101 Å². The smallest absolute Gasteiger partial charge is 0.130 e. The molecule has 1 fully saturated rings. The van der Waals surface area contributed by atoms with Crippen LogP contribution in [0.2, 0.25) is 0 Å². The summed E-state index contributed by atoms with van der Waals surface area (Å²) in [7, 11) is 0. The van der Waals surface area contributed by atoms with Gasteiger partial charge >= 0.3 is 0 Å². The van der Waals surface area contributed by atoms with Crippen molar-refractivity contribution in [2.75, 3.05) is 31.1 Å². The average molecular weight is 408 g/mol. The van der Waals surface area contributed by atoms with Gasteiger partial charge in [-0.25, -0.2) is 8.78 Å². The Labute approximate surface area is 176 Å². The first-order valence-electron chi connectivity index (χ1n) is 10.4. The van der Waals surface area contributed by atoms with Crippen molar-refractivity contribution in [3.63, 3.8) is 0 Å². The maximum Gasteiger partial charge on any atom is 0.130 e. The van der Waals surface area contributed by atoms with Gasteiger partial charge in [-0.05, 0) is 29.3 Å². The number of piperazine rings is 1. The fourth-order valence-corrected chi connectivity index (χ4v) is 3.92. The van der Waals surface area contributed by atoms with Crippen molar-refractivity contribution in [3.8, 4) is 0 Å². The minimum absolute atomic E-state index is 0.371. The standard InChI is InChI=1S/C25H27F2N3/c26-23-11-10-21(25(27)16-23)18-28-17-20-6-4-5-7-22(20)19-29-12-14-30(15-13-29)24-8-2-1-3-9-24/h1-11,16,28H,12-15,17-19H2. The van der Waals surface area contributed by atoms with E-state index in [0.29, 0.717) is 18.7 Å². The summed E-state index contributed by atoms with van der Waals surface area (Å²) < 4.78 is 26.9. The topological polar surface area (TPSA) is 18.5 Å². The van der Waals surface area contributed by atoms with Crippen LogP contribution in [-0.2, 0) is 19.6 Å². The van der Waals surface area contributed by atoms with Gasteiger partial charge in [0.15, 0.2) is 0 Å². The molecule has 0 bridgehead atoms. The molecule has 0 saturated carbocycles. The summed E-state index contributed by atoms with van der Waals surface area (Å²) in [4.78, 5) is 4.92.